The van der Waals surface area contributed by atoms with Crippen molar-refractivity contribution in [3.05, 3.63) is 0 Å². The molecule has 0 spiro atoms. The Labute approximate surface area is 127 Å². The first-order valence-electron chi connectivity index (χ1n) is 8.93. The summed E-state index contributed by atoms with van der Waals surface area (Å²) in [4.78, 5) is 5.41. The Hall–Kier alpha value is -0.160. The number of fused-ring (bicyclic) bond motifs is 3. The number of hydrogen-bond acceptors (Lipinski definition) is 4. The van der Waals surface area contributed by atoms with Gasteiger partial charge < -0.3 is 9.47 Å². The Morgan fingerprint density at radius 3 is 2.48 bits per heavy atom. The van der Waals surface area contributed by atoms with Crippen LogP contribution in [0.1, 0.15) is 26.7 Å². The summed E-state index contributed by atoms with van der Waals surface area (Å²) in [6.45, 7) is 10.6. The van der Waals surface area contributed by atoms with Crippen LogP contribution in [0.3, 0.4) is 0 Å². The summed E-state index contributed by atoms with van der Waals surface area (Å²) in [6.07, 6.45) is 3.46. The summed E-state index contributed by atoms with van der Waals surface area (Å²) >= 11 is 0. The van der Waals surface area contributed by atoms with Crippen molar-refractivity contribution in [3.8, 4) is 0 Å². The molecule has 4 saturated heterocycles. The fourth-order valence-electron chi connectivity index (χ4n) is 5.45. The lowest BCUT2D eigenvalue weighted by molar-refractivity contribution is -0.143. The van der Waals surface area contributed by atoms with E-state index < -0.39 is 0 Å². The second-order valence-electron chi connectivity index (χ2n) is 8.21. The zero-order valence-corrected chi connectivity index (χ0v) is 13.3. The number of nitrogens with zero attached hydrogens (tertiary/aromatic N) is 2. The summed E-state index contributed by atoms with van der Waals surface area (Å²) in [5, 5.41) is 0. The maximum atomic E-state index is 5.94. The largest absolute Gasteiger partial charge is 0.375 e. The van der Waals surface area contributed by atoms with Gasteiger partial charge in [-0.05, 0) is 37.5 Å². The molecule has 5 fully saturated rings. The molecule has 1 aliphatic carbocycles. The molecule has 5 rings (SSSR count). The SMILES string of the molecule is CC(CC1OCC1N1C[C@@H]2[C@@H](C)[C@@H]2C1)N1CC2C[C@H]1CO2. The van der Waals surface area contributed by atoms with Crippen LogP contribution in [-0.2, 0) is 9.47 Å². The van der Waals surface area contributed by atoms with Crippen LogP contribution in [0.25, 0.3) is 0 Å². The molecule has 118 valence electrons. The van der Waals surface area contributed by atoms with Crippen molar-refractivity contribution in [2.75, 3.05) is 32.8 Å². The molecular weight excluding hydrogens is 264 g/mol. The first-order chi connectivity index (χ1) is 10.2. The Morgan fingerprint density at radius 1 is 1.10 bits per heavy atom. The minimum atomic E-state index is 0.479. The predicted octanol–water partition coefficient (Wildman–Crippen LogP) is 1.20. The van der Waals surface area contributed by atoms with Gasteiger partial charge in [0.05, 0.1) is 31.5 Å². The van der Waals surface area contributed by atoms with Gasteiger partial charge in [0.15, 0.2) is 0 Å². The lowest BCUT2D eigenvalue weighted by atomic mass is 9.96. The average molecular weight is 292 g/mol. The third-order valence-corrected chi connectivity index (χ3v) is 7.11. The van der Waals surface area contributed by atoms with Crippen LogP contribution in [0.4, 0.5) is 0 Å². The average Bonchev–Trinajstić information content (AvgIpc) is 2.97. The Bertz CT molecular complexity index is 419. The van der Waals surface area contributed by atoms with Crippen molar-refractivity contribution in [2.45, 2.75) is 57.0 Å². The lowest BCUT2D eigenvalue weighted by Crippen LogP contribution is -2.58. The van der Waals surface area contributed by atoms with Crippen LogP contribution in [0, 0.1) is 17.8 Å². The van der Waals surface area contributed by atoms with E-state index in [1.54, 1.807) is 0 Å². The highest BCUT2D eigenvalue weighted by Crippen LogP contribution is 2.52. The van der Waals surface area contributed by atoms with E-state index in [1.165, 1.54) is 25.9 Å². The van der Waals surface area contributed by atoms with E-state index in [9.17, 15) is 0 Å². The van der Waals surface area contributed by atoms with Gasteiger partial charge in [0.25, 0.3) is 0 Å². The van der Waals surface area contributed by atoms with Gasteiger partial charge in [-0.3, -0.25) is 9.80 Å². The monoisotopic (exact) mass is 292 g/mol. The van der Waals surface area contributed by atoms with Crippen LogP contribution >= 0.6 is 0 Å². The summed E-state index contributed by atoms with van der Waals surface area (Å²) in [5.41, 5.74) is 0. The van der Waals surface area contributed by atoms with Crippen molar-refractivity contribution in [1.82, 2.24) is 9.80 Å². The molecule has 0 N–H and O–H groups in total. The predicted molar refractivity (Wildman–Crippen MR) is 80.2 cm³/mol. The minimum absolute atomic E-state index is 0.479. The normalized spacial score (nSPS) is 53.7. The van der Waals surface area contributed by atoms with Crippen molar-refractivity contribution in [2.24, 2.45) is 17.8 Å². The smallest absolute Gasteiger partial charge is 0.0768 e. The summed E-state index contributed by atoms with van der Waals surface area (Å²) in [7, 11) is 0. The van der Waals surface area contributed by atoms with Crippen LogP contribution in [0.15, 0.2) is 0 Å². The molecular formula is C17H28N2O2. The molecule has 4 heteroatoms. The molecule has 4 heterocycles. The van der Waals surface area contributed by atoms with Gasteiger partial charge in [0, 0.05) is 31.7 Å². The fourth-order valence-corrected chi connectivity index (χ4v) is 5.45. The van der Waals surface area contributed by atoms with Crippen molar-refractivity contribution >= 4 is 0 Å². The number of hydrogen-bond donors (Lipinski definition) is 0. The van der Waals surface area contributed by atoms with Gasteiger partial charge >= 0.3 is 0 Å². The van der Waals surface area contributed by atoms with Gasteiger partial charge in [-0.25, -0.2) is 0 Å². The Balaban J connectivity index is 1.16. The van der Waals surface area contributed by atoms with E-state index in [4.69, 9.17) is 9.47 Å². The topological polar surface area (TPSA) is 24.9 Å². The molecule has 0 aromatic rings. The molecule has 8 atom stereocenters. The Kier molecular flexibility index (Phi) is 2.96. The molecule has 4 aliphatic heterocycles. The Morgan fingerprint density at radius 2 is 1.90 bits per heavy atom. The minimum Gasteiger partial charge on any atom is -0.375 e. The van der Waals surface area contributed by atoms with Crippen LogP contribution < -0.4 is 0 Å². The van der Waals surface area contributed by atoms with Crippen molar-refractivity contribution in [1.29, 1.82) is 0 Å². The second-order valence-corrected chi connectivity index (χ2v) is 8.21. The van der Waals surface area contributed by atoms with E-state index >= 15 is 0 Å². The molecule has 0 radical (unpaired) electrons. The van der Waals surface area contributed by atoms with Gasteiger partial charge in [-0.1, -0.05) is 6.92 Å². The highest BCUT2D eigenvalue weighted by Gasteiger charge is 2.55. The summed E-state index contributed by atoms with van der Waals surface area (Å²) in [6, 6.07) is 2.04. The number of rotatable bonds is 4. The number of piperidine rings is 1. The zero-order valence-electron chi connectivity index (χ0n) is 13.3. The van der Waals surface area contributed by atoms with Crippen LogP contribution in [0.2, 0.25) is 0 Å². The van der Waals surface area contributed by atoms with Crippen molar-refractivity contribution in [3.63, 3.8) is 0 Å². The van der Waals surface area contributed by atoms with Gasteiger partial charge in [-0.15, -0.1) is 0 Å². The summed E-state index contributed by atoms with van der Waals surface area (Å²) in [5.74, 6) is 3.02. The molecule has 1 saturated carbocycles. The van der Waals surface area contributed by atoms with Crippen molar-refractivity contribution < 1.29 is 9.47 Å². The first kappa shape index (κ1) is 13.3. The van der Waals surface area contributed by atoms with E-state index in [1.807, 2.05) is 0 Å². The quantitative estimate of drug-likeness (QED) is 0.777. The molecule has 0 amide bonds. The van der Waals surface area contributed by atoms with E-state index in [-0.39, 0.29) is 0 Å². The van der Waals surface area contributed by atoms with Crippen LogP contribution in [-0.4, -0.2) is 73.0 Å². The maximum Gasteiger partial charge on any atom is 0.0768 e. The van der Waals surface area contributed by atoms with E-state index in [0.717, 1.165) is 37.5 Å². The standard InChI is InChI=1S/C17H28N2O2/c1-10(19-5-13-4-12(19)8-20-13)3-17-16(9-21-17)18-6-14-11(2)15(14)7-18/h10-17H,3-9H2,1-2H3/t10?,11-,12-,13?,14-,15+,16?,17?/m0/s1. The fraction of sp³-hybridized carbons (Fsp3) is 1.00. The first-order valence-corrected chi connectivity index (χ1v) is 8.93. The number of ether oxygens (including phenoxy) is 2. The molecule has 5 aliphatic rings. The maximum absolute atomic E-state index is 5.94. The number of morpholine rings is 1. The second kappa shape index (κ2) is 4.67. The van der Waals surface area contributed by atoms with E-state index in [2.05, 4.69) is 23.6 Å². The van der Waals surface area contributed by atoms with Gasteiger partial charge in [0.2, 0.25) is 0 Å². The molecule has 4 unspecified atom stereocenters. The third kappa shape index (κ3) is 2.03. The van der Waals surface area contributed by atoms with Gasteiger partial charge in [0.1, 0.15) is 0 Å². The lowest BCUT2D eigenvalue weighted by Gasteiger charge is -2.46. The highest BCUT2D eigenvalue weighted by molar-refractivity contribution is 5.06. The molecule has 0 aromatic heterocycles. The van der Waals surface area contributed by atoms with E-state index in [0.29, 0.717) is 30.3 Å². The molecule has 2 bridgehead atoms. The zero-order chi connectivity index (χ0) is 14.1. The summed E-state index contributed by atoms with van der Waals surface area (Å²) < 4.78 is 11.7. The molecule has 0 aromatic carbocycles. The third-order valence-electron chi connectivity index (χ3n) is 7.11. The number of likely N-dealkylation sites (tertiary alicyclic amines) is 2. The van der Waals surface area contributed by atoms with Crippen LogP contribution in [0.5, 0.6) is 0 Å². The highest BCUT2D eigenvalue weighted by atomic mass is 16.5. The molecule has 4 nitrogen and oxygen atoms in total. The molecule has 21 heavy (non-hydrogen) atoms. The van der Waals surface area contributed by atoms with Gasteiger partial charge in [-0.2, -0.15) is 0 Å².